The van der Waals surface area contributed by atoms with Crippen LogP contribution in [0.5, 0.6) is 5.75 Å². The Labute approximate surface area is 281 Å². The first kappa shape index (κ1) is 32.7. The zero-order valence-corrected chi connectivity index (χ0v) is 27.5. The van der Waals surface area contributed by atoms with Gasteiger partial charge in [0.25, 0.3) is 5.91 Å². The molecule has 1 aromatic heterocycles. The van der Waals surface area contributed by atoms with Crippen LogP contribution < -0.4 is 15.5 Å². The Morgan fingerprint density at radius 2 is 1.94 bits per heavy atom. The second kappa shape index (κ2) is 14.3. The minimum atomic E-state index is -3.07. The van der Waals surface area contributed by atoms with Crippen molar-refractivity contribution in [3.8, 4) is 17.0 Å². The van der Waals surface area contributed by atoms with Crippen LogP contribution in [0.4, 0.5) is 14.5 Å². The third-order valence-electron chi connectivity index (χ3n) is 9.23. The number of thioether (sulfide) groups is 1. The summed E-state index contributed by atoms with van der Waals surface area (Å²) >= 11 is 1.57. The largest absolute Gasteiger partial charge is 0.434 e. The Kier molecular flexibility index (Phi) is 9.77. The number of alkyl halides is 2. The molecule has 5 aliphatic rings. The summed E-state index contributed by atoms with van der Waals surface area (Å²) < 4.78 is 38.8. The van der Waals surface area contributed by atoms with Crippen LogP contribution in [0.15, 0.2) is 58.0 Å². The number of allylic oxidation sites excluding steroid dienone is 1. The maximum Gasteiger partial charge on any atom is 0.387 e. The van der Waals surface area contributed by atoms with E-state index in [0.717, 1.165) is 43.9 Å². The number of hydrogen-bond acceptors (Lipinski definition) is 11. The quantitative estimate of drug-likeness (QED) is 0.387. The summed E-state index contributed by atoms with van der Waals surface area (Å²) in [5.41, 5.74) is 4.24. The van der Waals surface area contributed by atoms with E-state index in [4.69, 9.17) is 14.6 Å². The molecule has 0 aliphatic carbocycles. The van der Waals surface area contributed by atoms with Crippen LogP contribution in [0.2, 0.25) is 0 Å². The zero-order chi connectivity index (χ0) is 33.2. The van der Waals surface area contributed by atoms with Gasteiger partial charge in [0.1, 0.15) is 18.0 Å². The van der Waals surface area contributed by atoms with Crippen molar-refractivity contribution in [2.24, 2.45) is 4.99 Å². The van der Waals surface area contributed by atoms with Gasteiger partial charge in [-0.25, -0.2) is 10.4 Å². The predicted octanol–water partition coefficient (Wildman–Crippen LogP) is 2.45. The van der Waals surface area contributed by atoms with E-state index < -0.39 is 12.5 Å². The van der Waals surface area contributed by atoms with Gasteiger partial charge in [0, 0.05) is 80.9 Å². The second-order valence-corrected chi connectivity index (χ2v) is 13.8. The Balaban J connectivity index is 1.14. The van der Waals surface area contributed by atoms with Gasteiger partial charge in [-0.05, 0) is 44.2 Å². The SMILES string of the molecule is CN1CCN(C2CCN(C(=O)Cn3cc(NC(=O)C4=C5N=CC=CN5NC4)c(-c4cc(SC5COC5)ccc4OC(F)F)n3)CC2)CC1. The van der Waals surface area contributed by atoms with Crippen molar-refractivity contribution in [2.75, 3.05) is 71.4 Å². The Bertz CT molecular complexity index is 1610. The molecule has 1 aromatic carbocycles. The predicted molar refractivity (Wildman–Crippen MR) is 177 cm³/mol. The van der Waals surface area contributed by atoms with Crippen LogP contribution in [-0.2, 0) is 20.9 Å². The summed E-state index contributed by atoms with van der Waals surface area (Å²) in [6, 6.07) is 5.39. The van der Waals surface area contributed by atoms with Gasteiger partial charge in [0.05, 0.1) is 29.7 Å². The molecule has 0 saturated carbocycles. The van der Waals surface area contributed by atoms with Crippen molar-refractivity contribution in [2.45, 2.75) is 42.2 Å². The van der Waals surface area contributed by atoms with Crippen LogP contribution in [-0.4, -0.2) is 131 Å². The van der Waals surface area contributed by atoms with Crippen molar-refractivity contribution >= 4 is 35.5 Å². The van der Waals surface area contributed by atoms with E-state index in [1.807, 2.05) is 4.90 Å². The van der Waals surface area contributed by atoms with E-state index in [-0.39, 0.29) is 46.9 Å². The van der Waals surface area contributed by atoms with Crippen LogP contribution >= 0.6 is 11.8 Å². The molecule has 0 atom stereocenters. The van der Waals surface area contributed by atoms with Crippen LogP contribution in [0, 0.1) is 0 Å². The summed E-state index contributed by atoms with van der Waals surface area (Å²) in [6.07, 6.45) is 8.49. The van der Waals surface area contributed by atoms with Crippen molar-refractivity contribution in [3.05, 3.63) is 48.1 Å². The Morgan fingerprint density at radius 1 is 1.15 bits per heavy atom. The lowest BCUT2D eigenvalue weighted by atomic mass is 10.0. The number of aliphatic imine (C=N–C) groups is 1. The Hall–Kier alpha value is -3.83. The highest BCUT2D eigenvalue weighted by Gasteiger charge is 2.31. The maximum atomic E-state index is 13.6. The fraction of sp³-hybridized carbons (Fsp3) is 0.500. The number of rotatable bonds is 10. The Morgan fingerprint density at radius 3 is 2.67 bits per heavy atom. The van der Waals surface area contributed by atoms with Gasteiger partial charge in [0.15, 0.2) is 5.82 Å². The average molecular weight is 684 g/mol. The van der Waals surface area contributed by atoms with Crippen molar-refractivity contribution in [3.63, 3.8) is 0 Å². The number of piperazine rings is 1. The molecule has 13 nitrogen and oxygen atoms in total. The lowest BCUT2D eigenvalue weighted by Gasteiger charge is -2.42. The number of benzene rings is 1. The number of likely N-dealkylation sites (N-methyl/N-ethyl adjacent to an activating group) is 1. The number of hydrogen-bond donors (Lipinski definition) is 2. The van der Waals surface area contributed by atoms with Gasteiger partial charge in [-0.2, -0.15) is 13.9 Å². The van der Waals surface area contributed by atoms with Crippen LogP contribution in [0.3, 0.4) is 0 Å². The molecule has 0 radical (unpaired) electrons. The van der Waals surface area contributed by atoms with Gasteiger partial charge in [0.2, 0.25) is 5.91 Å². The average Bonchev–Trinajstić information content (AvgIpc) is 3.67. The fourth-order valence-corrected chi connectivity index (χ4v) is 7.53. The smallest absolute Gasteiger partial charge is 0.387 e. The molecule has 3 saturated heterocycles. The lowest BCUT2D eigenvalue weighted by Crippen LogP contribution is -2.53. The summed E-state index contributed by atoms with van der Waals surface area (Å²) in [6.45, 7) is 3.79. The normalized spacial score (nSPS) is 20.8. The molecule has 0 bridgehead atoms. The molecule has 0 spiro atoms. The van der Waals surface area contributed by atoms with Crippen molar-refractivity contribution in [1.82, 2.24) is 34.9 Å². The molecule has 2 amide bonds. The zero-order valence-electron chi connectivity index (χ0n) is 26.7. The van der Waals surface area contributed by atoms with Gasteiger partial charge in [-0.15, -0.1) is 11.8 Å². The molecule has 2 N–H and O–H groups in total. The molecule has 0 unspecified atom stereocenters. The van der Waals surface area contributed by atoms with Gasteiger partial charge >= 0.3 is 6.61 Å². The second-order valence-electron chi connectivity index (χ2n) is 12.4. The number of hydrazine groups is 1. The number of aromatic nitrogens is 2. The number of fused-ring (bicyclic) bond motifs is 1. The summed E-state index contributed by atoms with van der Waals surface area (Å²) in [5, 5.41) is 9.51. The summed E-state index contributed by atoms with van der Waals surface area (Å²) in [7, 11) is 2.14. The molecule has 48 heavy (non-hydrogen) atoms. The number of likely N-dealkylation sites (tertiary alicyclic amines) is 1. The van der Waals surface area contributed by atoms with E-state index >= 15 is 0 Å². The number of amides is 2. The number of nitrogens with one attached hydrogen (secondary N) is 2. The first-order valence-electron chi connectivity index (χ1n) is 16.2. The van der Waals surface area contributed by atoms with E-state index in [1.54, 1.807) is 53.6 Å². The highest BCUT2D eigenvalue weighted by molar-refractivity contribution is 8.00. The number of nitrogens with zero attached hydrogens (tertiary/aromatic N) is 7. The van der Waals surface area contributed by atoms with Crippen LogP contribution in [0.25, 0.3) is 11.3 Å². The van der Waals surface area contributed by atoms with Gasteiger partial charge in [-0.1, -0.05) is 0 Å². The molecule has 2 aromatic rings. The minimum absolute atomic E-state index is 0.0701. The van der Waals surface area contributed by atoms with Gasteiger partial charge < -0.3 is 24.6 Å². The summed E-state index contributed by atoms with van der Waals surface area (Å²) in [5.74, 6) is -0.156. The number of carbonyl (C=O) groups is 2. The van der Waals surface area contributed by atoms with Gasteiger partial charge in [-0.3, -0.25) is 24.2 Å². The molecule has 6 heterocycles. The summed E-state index contributed by atoms with van der Waals surface area (Å²) in [4.78, 5) is 39.0. The van der Waals surface area contributed by atoms with Crippen LogP contribution in [0.1, 0.15) is 12.8 Å². The number of carbonyl (C=O) groups excluding carboxylic acids is 2. The van der Waals surface area contributed by atoms with Crippen molar-refractivity contribution < 1.29 is 27.8 Å². The molecular formula is C32H39F2N9O4S. The molecule has 3 fully saturated rings. The standard InChI is InChI=1S/C32H39F2N9O4S/c1-39-11-13-40(14-12-39)21-5-9-41(10-6-21)28(44)18-42-17-26(37-31(45)25-16-36-43-8-2-7-35-30(25)43)29(38-42)24-15-22(48-23-19-46-20-23)3-4-27(24)47-32(33)34/h2-4,7-8,15,17,21,23,32,36H,5-6,9-14,16,18-20H2,1H3,(H,37,45). The molecule has 5 aliphatic heterocycles. The first-order chi connectivity index (χ1) is 23.3. The molecule has 256 valence electrons. The molecular weight excluding hydrogens is 644 g/mol. The van der Waals surface area contributed by atoms with E-state index in [1.165, 1.54) is 10.7 Å². The molecule has 16 heteroatoms. The van der Waals surface area contributed by atoms with Crippen molar-refractivity contribution in [1.29, 1.82) is 0 Å². The highest BCUT2D eigenvalue weighted by Crippen LogP contribution is 2.40. The topological polar surface area (TPSA) is 120 Å². The van der Waals surface area contributed by atoms with E-state index in [2.05, 4.69) is 32.6 Å². The number of anilines is 1. The highest BCUT2D eigenvalue weighted by atomic mass is 32.2. The molecule has 7 rings (SSSR count). The number of piperidine rings is 1. The van der Waals surface area contributed by atoms with E-state index in [0.29, 0.717) is 43.7 Å². The fourth-order valence-electron chi connectivity index (χ4n) is 6.48. The lowest BCUT2D eigenvalue weighted by molar-refractivity contribution is -0.133. The van der Waals surface area contributed by atoms with E-state index in [9.17, 15) is 18.4 Å². The first-order valence-corrected chi connectivity index (χ1v) is 17.1. The third-order valence-corrected chi connectivity index (χ3v) is 10.4. The number of halogens is 2. The number of ether oxygens (including phenoxy) is 2. The monoisotopic (exact) mass is 683 g/mol. The maximum absolute atomic E-state index is 13.6. The minimum Gasteiger partial charge on any atom is -0.434 e. The third kappa shape index (κ3) is 7.27.